The molecule has 0 amide bonds. The standard InChI is InChI=1S/C13H14N2S/c1-9-4-2-5-10(8-9)14-13-15-11-6-3-7-12(11)16-13/h2,4-5,8H,3,6-7H2,1H3,(H,14,15). The highest BCUT2D eigenvalue weighted by Crippen LogP contribution is 2.32. The first kappa shape index (κ1) is 9.85. The third-order valence-corrected chi connectivity index (χ3v) is 3.94. The minimum atomic E-state index is 1.04. The average Bonchev–Trinajstić information content (AvgIpc) is 2.77. The molecule has 0 spiro atoms. The van der Waals surface area contributed by atoms with E-state index in [0.29, 0.717) is 0 Å². The Kier molecular flexibility index (Phi) is 2.40. The van der Waals surface area contributed by atoms with Gasteiger partial charge >= 0.3 is 0 Å². The largest absolute Gasteiger partial charge is 0.332 e. The molecule has 1 aromatic heterocycles. The number of aromatic nitrogens is 1. The van der Waals surface area contributed by atoms with Crippen molar-refractivity contribution in [2.75, 3.05) is 5.32 Å². The maximum atomic E-state index is 4.62. The van der Waals surface area contributed by atoms with Gasteiger partial charge in [-0.3, -0.25) is 0 Å². The smallest absolute Gasteiger partial charge is 0.187 e. The summed E-state index contributed by atoms with van der Waals surface area (Å²) in [4.78, 5) is 6.09. The quantitative estimate of drug-likeness (QED) is 0.851. The Morgan fingerprint density at radius 3 is 3.06 bits per heavy atom. The van der Waals surface area contributed by atoms with Gasteiger partial charge in [0.25, 0.3) is 0 Å². The van der Waals surface area contributed by atoms with Gasteiger partial charge in [-0.15, -0.1) is 11.3 Å². The number of nitrogens with zero attached hydrogens (tertiary/aromatic N) is 1. The minimum Gasteiger partial charge on any atom is -0.332 e. The van der Waals surface area contributed by atoms with Gasteiger partial charge in [-0.2, -0.15) is 0 Å². The molecule has 0 bridgehead atoms. The van der Waals surface area contributed by atoms with Crippen molar-refractivity contribution in [1.82, 2.24) is 4.98 Å². The Labute approximate surface area is 99.4 Å². The summed E-state index contributed by atoms with van der Waals surface area (Å²) in [6.07, 6.45) is 3.64. The molecular weight excluding hydrogens is 216 g/mol. The van der Waals surface area contributed by atoms with Gasteiger partial charge in [0.2, 0.25) is 0 Å². The average molecular weight is 230 g/mol. The van der Waals surface area contributed by atoms with Crippen LogP contribution < -0.4 is 5.32 Å². The van der Waals surface area contributed by atoms with Crippen LogP contribution in [-0.4, -0.2) is 4.98 Å². The number of hydrogen-bond acceptors (Lipinski definition) is 3. The molecule has 1 N–H and O–H groups in total. The first-order valence-electron chi connectivity index (χ1n) is 5.63. The number of hydrogen-bond donors (Lipinski definition) is 1. The van der Waals surface area contributed by atoms with E-state index < -0.39 is 0 Å². The Hall–Kier alpha value is -1.35. The summed E-state index contributed by atoms with van der Waals surface area (Å²) < 4.78 is 0. The van der Waals surface area contributed by atoms with E-state index in [2.05, 4.69) is 41.5 Å². The molecular formula is C13H14N2S. The molecule has 3 heteroatoms. The minimum absolute atomic E-state index is 1.04. The fourth-order valence-corrected chi connectivity index (χ4v) is 3.16. The van der Waals surface area contributed by atoms with E-state index in [9.17, 15) is 0 Å². The Balaban J connectivity index is 1.83. The van der Waals surface area contributed by atoms with Crippen LogP contribution in [0.25, 0.3) is 0 Å². The number of anilines is 2. The van der Waals surface area contributed by atoms with Gasteiger partial charge in [-0.05, 0) is 43.9 Å². The van der Waals surface area contributed by atoms with Crippen molar-refractivity contribution in [1.29, 1.82) is 0 Å². The van der Waals surface area contributed by atoms with E-state index in [1.54, 1.807) is 11.3 Å². The molecule has 1 aromatic carbocycles. The van der Waals surface area contributed by atoms with Crippen LogP contribution in [0.4, 0.5) is 10.8 Å². The molecule has 0 saturated carbocycles. The van der Waals surface area contributed by atoms with E-state index in [-0.39, 0.29) is 0 Å². The van der Waals surface area contributed by atoms with Gasteiger partial charge in [-0.1, -0.05) is 12.1 Å². The number of rotatable bonds is 2. The second kappa shape index (κ2) is 3.91. The zero-order valence-electron chi connectivity index (χ0n) is 9.29. The van der Waals surface area contributed by atoms with Crippen molar-refractivity contribution >= 4 is 22.2 Å². The Morgan fingerprint density at radius 2 is 2.25 bits per heavy atom. The highest BCUT2D eigenvalue weighted by atomic mass is 32.1. The number of nitrogens with one attached hydrogen (secondary N) is 1. The highest BCUT2D eigenvalue weighted by Gasteiger charge is 2.16. The van der Waals surface area contributed by atoms with E-state index >= 15 is 0 Å². The first-order valence-corrected chi connectivity index (χ1v) is 6.45. The normalized spacial score (nSPS) is 13.8. The van der Waals surface area contributed by atoms with Gasteiger partial charge in [0.1, 0.15) is 0 Å². The maximum Gasteiger partial charge on any atom is 0.187 e. The third-order valence-electron chi connectivity index (χ3n) is 2.87. The van der Waals surface area contributed by atoms with Gasteiger partial charge < -0.3 is 5.32 Å². The van der Waals surface area contributed by atoms with E-state index in [1.165, 1.54) is 29.0 Å². The molecule has 0 atom stereocenters. The summed E-state index contributed by atoms with van der Waals surface area (Å²) in [5, 5.41) is 4.42. The third kappa shape index (κ3) is 1.83. The lowest BCUT2D eigenvalue weighted by atomic mass is 10.2. The summed E-state index contributed by atoms with van der Waals surface area (Å²) in [5.41, 5.74) is 3.71. The molecule has 0 aliphatic heterocycles. The lowest BCUT2D eigenvalue weighted by molar-refractivity contribution is 0.900. The Bertz CT molecular complexity index is 495. The fourth-order valence-electron chi connectivity index (χ4n) is 2.09. The predicted molar refractivity (Wildman–Crippen MR) is 68.6 cm³/mol. The van der Waals surface area contributed by atoms with Crippen LogP contribution >= 0.6 is 11.3 Å². The summed E-state index contributed by atoms with van der Waals surface area (Å²) in [6, 6.07) is 8.40. The van der Waals surface area contributed by atoms with E-state index in [0.717, 1.165) is 17.2 Å². The van der Waals surface area contributed by atoms with Crippen LogP contribution in [0.15, 0.2) is 24.3 Å². The van der Waals surface area contributed by atoms with Gasteiger partial charge in [0, 0.05) is 10.6 Å². The van der Waals surface area contributed by atoms with Gasteiger partial charge in [0.15, 0.2) is 5.13 Å². The number of fused-ring (bicyclic) bond motifs is 1. The summed E-state index contributed by atoms with van der Waals surface area (Å²) in [7, 11) is 0. The second-order valence-electron chi connectivity index (χ2n) is 4.24. The van der Waals surface area contributed by atoms with Crippen molar-refractivity contribution < 1.29 is 0 Å². The molecule has 1 aliphatic rings. The summed E-state index contributed by atoms with van der Waals surface area (Å²) in [6.45, 7) is 2.10. The SMILES string of the molecule is Cc1cccc(Nc2nc3c(s2)CCC3)c1. The number of thiazole rings is 1. The predicted octanol–water partition coefficient (Wildman–Crippen LogP) is 3.68. The molecule has 2 nitrogen and oxygen atoms in total. The van der Waals surface area contributed by atoms with Crippen molar-refractivity contribution in [3.63, 3.8) is 0 Å². The number of aryl methyl sites for hydroxylation is 3. The summed E-state index contributed by atoms with van der Waals surface area (Å²) >= 11 is 1.80. The van der Waals surface area contributed by atoms with Crippen LogP contribution in [0, 0.1) is 6.92 Å². The first-order chi connectivity index (χ1) is 7.81. The van der Waals surface area contributed by atoms with E-state index in [1.807, 2.05) is 0 Å². The topological polar surface area (TPSA) is 24.9 Å². The lowest BCUT2D eigenvalue weighted by Crippen LogP contribution is -1.90. The van der Waals surface area contributed by atoms with Gasteiger partial charge in [-0.25, -0.2) is 4.98 Å². The zero-order valence-corrected chi connectivity index (χ0v) is 10.1. The van der Waals surface area contributed by atoms with Crippen LogP contribution in [0.2, 0.25) is 0 Å². The van der Waals surface area contributed by atoms with Crippen LogP contribution in [-0.2, 0) is 12.8 Å². The molecule has 1 heterocycles. The zero-order chi connectivity index (χ0) is 11.0. The lowest BCUT2D eigenvalue weighted by Gasteiger charge is -2.03. The van der Waals surface area contributed by atoms with Crippen molar-refractivity contribution in [3.8, 4) is 0 Å². The fraction of sp³-hybridized carbons (Fsp3) is 0.308. The van der Waals surface area contributed by atoms with Gasteiger partial charge in [0.05, 0.1) is 5.69 Å². The highest BCUT2D eigenvalue weighted by molar-refractivity contribution is 7.15. The molecule has 0 radical (unpaired) electrons. The van der Waals surface area contributed by atoms with Crippen molar-refractivity contribution in [3.05, 3.63) is 40.4 Å². The van der Waals surface area contributed by atoms with Crippen molar-refractivity contribution in [2.45, 2.75) is 26.2 Å². The second-order valence-corrected chi connectivity index (χ2v) is 5.32. The molecule has 2 aromatic rings. The van der Waals surface area contributed by atoms with E-state index in [4.69, 9.17) is 0 Å². The molecule has 0 saturated heterocycles. The monoisotopic (exact) mass is 230 g/mol. The summed E-state index contributed by atoms with van der Waals surface area (Å²) in [5.74, 6) is 0. The van der Waals surface area contributed by atoms with Crippen molar-refractivity contribution in [2.24, 2.45) is 0 Å². The maximum absolute atomic E-state index is 4.62. The molecule has 82 valence electrons. The molecule has 0 unspecified atom stereocenters. The molecule has 16 heavy (non-hydrogen) atoms. The Morgan fingerprint density at radius 1 is 1.31 bits per heavy atom. The van der Waals surface area contributed by atoms with Crippen LogP contribution in [0.3, 0.4) is 0 Å². The number of benzene rings is 1. The van der Waals surface area contributed by atoms with Crippen LogP contribution in [0.1, 0.15) is 22.6 Å². The molecule has 3 rings (SSSR count). The molecule has 1 aliphatic carbocycles. The van der Waals surface area contributed by atoms with Crippen LogP contribution in [0.5, 0.6) is 0 Å². The molecule has 0 fully saturated rings.